The summed E-state index contributed by atoms with van der Waals surface area (Å²) in [4.78, 5) is 12.6. The summed E-state index contributed by atoms with van der Waals surface area (Å²) in [6, 6.07) is 0. The number of fused-ring (bicyclic) bond motifs is 5. The lowest BCUT2D eigenvalue weighted by Gasteiger charge is -2.60. The lowest BCUT2D eigenvalue weighted by Crippen LogP contribution is -2.53. The Balaban J connectivity index is 1.64. The van der Waals surface area contributed by atoms with Gasteiger partial charge >= 0.3 is 0 Å². The van der Waals surface area contributed by atoms with Crippen molar-refractivity contribution in [2.24, 2.45) is 34.5 Å². The summed E-state index contributed by atoms with van der Waals surface area (Å²) < 4.78 is 0. The van der Waals surface area contributed by atoms with E-state index in [9.17, 15) is 4.79 Å². The Morgan fingerprint density at radius 3 is 2.52 bits per heavy atom. The summed E-state index contributed by atoms with van der Waals surface area (Å²) in [5.41, 5.74) is 1.03. The van der Waals surface area contributed by atoms with Crippen LogP contribution < -0.4 is 0 Å². The summed E-state index contributed by atoms with van der Waals surface area (Å²) in [6.45, 7) is 5.10. The highest BCUT2D eigenvalue weighted by atomic mass is 79.9. The van der Waals surface area contributed by atoms with Gasteiger partial charge in [0.05, 0.1) is 0 Å². The molecule has 0 N–H and O–H groups in total. The molecule has 1 nitrogen and oxygen atoms in total. The van der Waals surface area contributed by atoms with E-state index >= 15 is 0 Å². The van der Waals surface area contributed by atoms with Crippen molar-refractivity contribution in [2.45, 2.75) is 76.5 Å². The molecule has 4 saturated carbocycles. The van der Waals surface area contributed by atoms with Gasteiger partial charge in [-0.3, -0.25) is 4.79 Å². The summed E-state index contributed by atoms with van der Waals surface area (Å²) in [5.74, 6) is 4.03. The van der Waals surface area contributed by atoms with Crippen LogP contribution in [-0.4, -0.2) is 10.6 Å². The van der Waals surface area contributed by atoms with Crippen LogP contribution in [0.15, 0.2) is 0 Å². The van der Waals surface area contributed by atoms with Gasteiger partial charge in [0.2, 0.25) is 0 Å². The zero-order valence-electron chi connectivity index (χ0n) is 13.5. The van der Waals surface area contributed by atoms with E-state index in [0.29, 0.717) is 22.5 Å². The third-order valence-corrected chi connectivity index (χ3v) is 9.87. The highest BCUT2D eigenvalue weighted by Gasteiger charge is 2.59. The minimum Gasteiger partial charge on any atom is -0.300 e. The van der Waals surface area contributed by atoms with Crippen LogP contribution in [0.25, 0.3) is 0 Å². The molecule has 0 amide bonds. The first-order chi connectivity index (χ1) is 9.95. The summed E-state index contributed by atoms with van der Waals surface area (Å²) in [6.07, 6.45) is 11.3. The van der Waals surface area contributed by atoms with Gasteiger partial charge in [0.25, 0.3) is 0 Å². The average Bonchev–Trinajstić information content (AvgIpc) is 2.76. The highest BCUT2D eigenvalue weighted by molar-refractivity contribution is 9.09. The number of halogens is 1. The number of ketones is 1. The summed E-state index contributed by atoms with van der Waals surface area (Å²) in [5, 5.41) is 0. The van der Waals surface area contributed by atoms with Crippen LogP contribution in [0.4, 0.5) is 0 Å². The fraction of sp³-hybridized carbons (Fsp3) is 0.947. The highest BCUT2D eigenvalue weighted by Crippen LogP contribution is 2.66. The fourth-order valence-corrected chi connectivity index (χ4v) is 7.81. The first-order valence-electron chi connectivity index (χ1n) is 9.11. The van der Waals surface area contributed by atoms with E-state index in [1.54, 1.807) is 0 Å². The average molecular weight is 353 g/mol. The van der Waals surface area contributed by atoms with Crippen molar-refractivity contribution >= 4 is 21.7 Å². The van der Waals surface area contributed by atoms with Crippen LogP contribution >= 0.6 is 15.9 Å². The van der Waals surface area contributed by atoms with Crippen LogP contribution in [0, 0.1) is 34.5 Å². The van der Waals surface area contributed by atoms with Crippen LogP contribution in [0.3, 0.4) is 0 Å². The Morgan fingerprint density at radius 2 is 1.71 bits per heavy atom. The molecule has 0 spiro atoms. The van der Waals surface area contributed by atoms with E-state index in [4.69, 9.17) is 0 Å². The molecule has 0 unspecified atom stereocenters. The van der Waals surface area contributed by atoms with Gasteiger partial charge in [0.1, 0.15) is 5.78 Å². The zero-order valence-corrected chi connectivity index (χ0v) is 15.1. The molecule has 0 aromatic rings. The maximum atomic E-state index is 11.9. The van der Waals surface area contributed by atoms with Crippen LogP contribution in [0.1, 0.15) is 71.6 Å². The van der Waals surface area contributed by atoms with E-state index in [2.05, 4.69) is 29.8 Å². The van der Waals surface area contributed by atoms with Crippen molar-refractivity contribution in [3.05, 3.63) is 0 Å². The van der Waals surface area contributed by atoms with Gasteiger partial charge in [-0.2, -0.15) is 0 Å². The lowest BCUT2D eigenvalue weighted by molar-refractivity contribution is -0.137. The van der Waals surface area contributed by atoms with E-state index in [-0.39, 0.29) is 0 Å². The quantitative estimate of drug-likeness (QED) is 0.536. The molecule has 4 rings (SSSR count). The number of hydrogen-bond acceptors (Lipinski definition) is 1. The molecule has 0 aliphatic heterocycles. The van der Waals surface area contributed by atoms with E-state index in [1.807, 2.05) is 0 Å². The molecule has 0 radical (unpaired) electrons. The number of carbonyl (C=O) groups excluding carboxylic acids is 1. The Bertz CT molecular complexity index is 460. The van der Waals surface area contributed by atoms with Crippen molar-refractivity contribution in [1.82, 2.24) is 0 Å². The van der Waals surface area contributed by atoms with Crippen LogP contribution in [0.5, 0.6) is 0 Å². The van der Waals surface area contributed by atoms with Crippen molar-refractivity contribution < 1.29 is 4.79 Å². The Labute approximate surface area is 137 Å². The first kappa shape index (κ1) is 14.7. The molecule has 21 heavy (non-hydrogen) atoms. The van der Waals surface area contributed by atoms with E-state index in [1.165, 1.54) is 44.9 Å². The maximum Gasteiger partial charge on any atom is 0.133 e. The molecule has 4 aliphatic carbocycles. The molecule has 0 heterocycles. The smallest absolute Gasteiger partial charge is 0.133 e. The second-order valence-electron chi connectivity index (χ2n) is 8.99. The van der Waals surface area contributed by atoms with Gasteiger partial charge in [-0.1, -0.05) is 29.8 Å². The van der Waals surface area contributed by atoms with Crippen molar-refractivity contribution in [3.8, 4) is 0 Å². The van der Waals surface area contributed by atoms with Crippen LogP contribution in [0.2, 0.25) is 0 Å². The largest absolute Gasteiger partial charge is 0.300 e. The maximum absolute atomic E-state index is 11.9. The third kappa shape index (κ3) is 1.96. The molecule has 118 valence electrons. The van der Waals surface area contributed by atoms with Crippen molar-refractivity contribution in [2.75, 3.05) is 0 Å². The molecule has 0 saturated heterocycles. The Hall–Kier alpha value is 0.150. The molecular formula is C19H29BrO. The fourth-order valence-electron chi connectivity index (χ4n) is 6.98. The first-order valence-corrected chi connectivity index (χ1v) is 10.0. The zero-order chi connectivity index (χ0) is 14.8. The standard InChI is InChI=1S/C19H29BrO/c1-18-9-7-13(21)11-12(18)3-4-14-15-5-6-17(20)19(15,2)10-8-16(14)18/h12,14-17H,3-11H2,1-2H3/t12-,14-,15-,16-,17+,18-,19-/m0/s1. The second kappa shape index (κ2) is 4.82. The SMILES string of the molecule is C[C@]12CCC(=O)C[C@@H]1CC[C@@H]1[C@@H]2CC[C@]2(C)[C@H](Br)CC[C@@H]12. The summed E-state index contributed by atoms with van der Waals surface area (Å²) >= 11 is 4.00. The summed E-state index contributed by atoms with van der Waals surface area (Å²) in [7, 11) is 0. The van der Waals surface area contributed by atoms with Gasteiger partial charge in [0.15, 0.2) is 0 Å². The molecule has 2 heteroatoms. The lowest BCUT2D eigenvalue weighted by atomic mass is 9.45. The molecule has 0 bridgehead atoms. The van der Waals surface area contributed by atoms with Gasteiger partial charge < -0.3 is 0 Å². The molecule has 4 fully saturated rings. The second-order valence-corrected chi connectivity index (χ2v) is 10.1. The number of carbonyl (C=O) groups is 1. The number of hydrogen-bond donors (Lipinski definition) is 0. The Morgan fingerprint density at radius 1 is 0.952 bits per heavy atom. The van der Waals surface area contributed by atoms with Gasteiger partial charge in [-0.05, 0) is 79.4 Å². The molecular weight excluding hydrogens is 324 g/mol. The van der Waals surface area contributed by atoms with Gasteiger partial charge in [0, 0.05) is 17.7 Å². The predicted molar refractivity (Wildman–Crippen MR) is 89.4 cm³/mol. The van der Waals surface area contributed by atoms with E-state index < -0.39 is 0 Å². The molecule has 4 aliphatic rings. The normalized spacial score (nSPS) is 56.5. The minimum absolute atomic E-state index is 0.475. The third-order valence-electron chi connectivity index (χ3n) is 8.37. The van der Waals surface area contributed by atoms with Crippen molar-refractivity contribution in [3.63, 3.8) is 0 Å². The Kier molecular flexibility index (Phi) is 3.38. The van der Waals surface area contributed by atoms with E-state index in [0.717, 1.165) is 35.4 Å². The monoisotopic (exact) mass is 352 g/mol. The molecule has 7 atom stereocenters. The number of Topliss-reactive ketones (excluding diaryl/α,β-unsaturated/α-hetero) is 1. The van der Waals surface area contributed by atoms with Crippen LogP contribution in [-0.2, 0) is 4.79 Å². The predicted octanol–water partition coefficient (Wildman–Crippen LogP) is 5.36. The molecule has 0 aromatic heterocycles. The van der Waals surface area contributed by atoms with Gasteiger partial charge in [-0.15, -0.1) is 0 Å². The minimum atomic E-state index is 0.475. The number of alkyl halides is 1. The molecule has 0 aromatic carbocycles. The van der Waals surface area contributed by atoms with Crippen molar-refractivity contribution in [1.29, 1.82) is 0 Å². The van der Waals surface area contributed by atoms with Gasteiger partial charge in [-0.25, -0.2) is 0 Å². The topological polar surface area (TPSA) is 17.1 Å². The number of rotatable bonds is 0.